The van der Waals surface area contributed by atoms with E-state index in [4.69, 9.17) is 4.74 Å². The van der Waals surface area contributed by atoms with Gasteiger partial charge in [0, 0.05) is 18.2 Å². The van der Waals surface area contributed by atoms with E-state index in [0.29, 0.717) is 12.2 Å². The van der Waals surface area contributed by atoms with Crippen molar-refractivity contribution in [3.05, 3.63) is 64.2 Å². The lowest BCUT2D eigenvalue weighted by molar-refractivity contribution is -0.159. The Morgan fingerprint density at radius 1 is 1.12 bits per heavy atom. The van der Waals surface area contributed by atoms with E-state index in [1.165, 1.54) is 35.1 Å². The molecule has 4 nitrogen and oxygen atoms in total. The monoisotopic (exact) mass is 429 g/mol. The van der Waals surface area contributed by atoms with Crippen LogP contribution in [0, 0.1) is 19.8 Å². The van der Waals surface area contributed by atoms with Gasteiger partial charge in [-0.3, -0.25) is 4.90 Å². The second-order valence-electron chi connectivity index (χ2n) is 10.9. The molecule has 2 heterocycles. The number of ether oxygens (including phenoxy) is 1. The Kier molecular flexibility index (Phi) is 3.71. The summed E-state index contributed by atoms with van der Waals surface area (Å²) in [6.45, 7) is 6.37. The number of likely N-dealkylation sites (tertiary alicyclic amines) is 1. The Morgan fingerprint density at radius 3 is 2.75 bits per heavy atom. The highest BCUT2D eigenvalue weighted by Crippen LogP contribution is 2.66. The molecular weight excluding hydrogens is 398 g/mol. The van der Waals surface area contributed by atoms with Gasteiger partial charge in [0.2, 0.25) is 0 Å². The molecule has 7 rings (SSSR count). The van der Waals surface area contributed by atoms with Crippen molar-refractivity contribution >= 4 is 5.57 Å². The summed E-state index contributed by atoms with van der Waals surface area (Å²) >= 11 is 0. The highest BCUT2D eigenvalue weighted by atomic mass is 16.5. The third kappa shape index (κ3) is 2.25. The Bertz CT molecular complexity index is 1180. The van der Waals surface area contributed by atoms with Crippen molar-refractivity contribution in [2.24, 2.45) is 5.92 Å². The molecular formula is C28H31NO3. The predicted molar refractivity (Wildman–Crippen MR) is 124 cm³/mol. The topological polar surface area (TPSA) is 52.9 Å². The number of phenols is 1. The van der Waals surface area contributed by atoms with Crippen LogP contribution in [0.25, 0.3) is 5.57 Å². The fraction of sp³-hybridized carbons (Fsp3) is 0.500. The van der Waals surface area contributed by atoms with E-state index in [1.54, 1.807) is 6.07 Å². The maximum Gasteiger partial charge on any atom is 0.166 e. The highest BCUT2D eigenvalue weighted by molar-refractivity contribution is 5.78. The van der Waals surface area contributed by atoms with Gasteiger partial charge in [0.15, 0.2) is 11.5 Å². The number of aliphatic hydroxyl groups is 1. The Labute approximate surface area is 189 Å². The average molecular weight is 430 g/mol. The van der Waals surface area contributed by atoms with Gasteiger partial charge >= 0.3 is 0 Å². The van der Waals surface area contributed by atoms with Crippen molar-refractivity contribution < 1.29 is 14.9 Å². The molecule has 32 heavy (non-hydrogen) atoms. The lowest BCUT2D eigenvalue weighted by Gasteiger charge is -2.62. The molecule has 0 radical (unpaired) electrons. The number of benzene rings is 2. The number of aryl methyl sites for hydroxylation is 2. The van der Waals surface area contributed by atoms with Crippen LogP contribution in [0.15, 0.2) is 36.4 Å². The molecule has 2 bridgehead atoms. The first-order chi connectivity index (χ1) is 15.4. The third-order valence-corrected chi connectivity index (χ3v) is 9.27. The van der Waals surface area contributed by atoms with Gasteiger partial charge in [-0.15, -0.1) is 0 Å². The number of rotatable bonds is 3. The summed E-state index contributed by atoms with van der Waals surface area (Å²) in [6.07, 6.45) is 6.94. The van der Waals surface area contributed by atoms with Crippen LogP contribution in [0.4, 0.5) is 0 Å². The summed E-state index contributed by atoms with van der Waals surface area (Å²) in [5.74, 6) is 1.61. The zero-order valence-corrected chi connectivity index (χ0v) is 18.9. The highest BCUT2D eigenvalue weighted by Gasteiger charge is 2.71. The van der Waals surface area contributed by atoms with Gasteiger partial charge in [-0.25, -0.2) is 0 Å². The summed E-state index contributed by atoms with van der Waals surface area (Å²) in [4.78, 5) is 2.57. The standard InChI is InChI=1S/C28H31NO3/c1-16-3-6-19(13-17(16)2)21-9-10-28(31)23-14-20-7-8-22(30)25-24(20)27(28,26(21)32-25)11-12-29(23)15-18-4-5-18/h3,6-9,13,18,23,26,30-31H,4-5,10-12,14-15H2,1-2H3/t23-,26+,27+,28-/m1/s1. The SMILES string of the molecule is Cc1ccc(C2=CC[C@@]3(O)[C@H]4Cc5ccc(O)c6c5[C@@]3(CCN4CC3CC3)[C@H]2O6)cc1C. The molecule has 166 valence electrons. The fourth-order valence-corrected chi connectivity index (χ4v) is 7.30. The number of nitrogens with zero attached hydrogens (tertiary/aromatic N) is 1. The minimum atomic E-state index is -0.875. The number of aromatic hydroxyl groups is 1. The Morgan fingerprint density at radius 2 is 1.97 bits per heavy atom. The average Bonchev–Trinajstić information content (AvgIpc) is 3.51. The van der Waals surface area contributed by atoms with Gasteiger partial charge in [0.1, 0.15) is 6.10 Å². The molecule has 2 fully saturated rings. The third-order valence-electron chi connectivity index (χ3n) is 9.27. The van der Waals surface area contributed by atoms with Gasteiger partial charge in [0.25, 0.3) is 0 Å². The fourth-order valence-electron chi connectivity index (χ4n) is 7.30. The molecule has 0 aromatic heterocycles. The van der Waals surface area contributed by atoms with Crippen molar-refractivity contribution in [1.29, 1.82) is 0 Å². The van der Waals surface area contributed by atoms with Gasteiger partial charge < -0.3 is 14.9 Å². The van der Waals surface area contributed by atoms with Crippen molar-refractivity contribution in [3.63, 3.8) is 0 Å². The maximum atomic E-state index is 12.5. The lowest BCUT2D eigenvalue weighted by Crippen LogP contribution is -2.74. The van der Waals surface area contributed by atoms with Crippen LogP contribution < -0.4 is 4.74 Å². The van der Waals surface area contributed by atoms with E-state index in [0.717, 1.165) is 43.0 Å². The van der Waals surface area contributed by atoms with Crippen LogP contribution in [0.1, 0.15) is 53.5 Å². The number of phenolic OH excluding ortho intramolecular Hbond substituents is 1. The lowest BCUT2D eigenvalue weighted by atomic mass is 9.49. The van der Waals surface area contributed by atoms with E-state index in [-0.39, 0.29) is 17.9 Å². The first-order valence-electron chi connectivity index (χ1n) is 12.2. The Hall–Kier alpha value is -2.30. The van der Waals surface area contributed by atoms with Crippen molar-refractivity contribution in [2.45, 2.75) is 69.1 Å². The zero-order chi connectivity index (χ0) is 21.8. The van der Waals surface area contributed by atoms with Crippen LogP contribution in [-0.4, -0.2) is 45.9 Å². The van der Waals surface area contributed by atoms with Gasteiger partial charge in [-0.05, 0) is 92.3 Å². The molecule has 0 amide bonds. The largest absolute Gasteiger partial charge is 0.504 e. The van der Waals surface area contributed by atoms with Crippen molar-refractivity contribution in [3.8, 4) is 11.5 Å². The van der Waals surface area contributed by atoms with Crippen LogP contribution in [-0.2, 0) is 11.8 Å². The molecule has 4 atom stereocenters. The molecule has 5 aliphatic rings. The van der Waals surface area contributed by atoms with E-state index in [2.05, 4.69) is 49.1 Å². The summed E-state index contributed by atoms with van der Waals surface area (Å²) in [6, 6.07) is 10.6. The summed E-state index contributed by atoms with van der Waals surface area (Å²) in [5, 5.41) is 23.3. The second kappa shape index (κ2) is 6.18. The minimum Gasteiger partial charge on any atom is -0.504 e. The van der Waals surface area contributed by atoms with Crippen molar-refractivity contribution in [2.75, 3.05) is 13.1 Å². The van der Waals surface area contributed by atoms with E-state index < -0.39 is 11.0 Å². The van der Waals surface area contributed by atoms with Crippen LogP contribution in [0.5, 0.6) is 11.5 Å². The second-order valence-corrected chi connectivity index (χ2v) is 10.9. The number of piperidine rings is 1. The number of hydrogen-bond acceptors (Lipinski definition) is 4. The molecule has 4 heteroatoms. The van der Waals surface area contributed by atoms with Gasteiger partial charge in [-0.1, -0.05) is 30.3 Å². The van der Waals surface area contributed by atoms with E-state index in [9.17, 15) is 10.2 Å². The molecule has 2 N–H and O–H groups in total. The summed E-state index contributed by atoms with van der Waals surface area (Å²) in [5.41, 5.74) is 5.84. The quantitative estimate of drug-likeness (QED) is 0.765. The van der Waals surface area contributed by atoms with Crippen LogP contribution in [0.3, 0.4) is 0 Å². The normalized spacial score (nSPS) is 34.7. The van der Waals surface area contributed by atoms with Crippen LogP contribution >= 0.6 is 0 Å². The molecule has 3 aliphatic carbocycles. The van der Waals surface area contributed by atoms with Gasteiger partial charge in [0.05, 0.1) is 11.0 Å². The molecule has 1 saturated carbocycles. The molecule has 1 spiro atoms. The first kappa shape index (κ1) is 19.2. The zero-order valence-electron chi connectivity index (χ0n) is 18.9. The summed E-state index contributed by atoms with van der Waals surface area (Å²) < 4.78 is 6.64. The molecule has 1 saturated heterocycles. The van der Waals surface area contributed by atoms with Gasteiger partial charge in [-0.2, -0.15) is 0 Å². The van der Waals surface area contributed by atoms with E-state index in [1.807, 2.05) is 0 Å². The number of hydrogen-bond donors (Lipinski definition) is 2. The maximum absolute atomic E-state index is 12.5. The molecule has 2 aromatic rings. The Balaban J connectivity index is 1.43. The van der Waals surface area contributed by atoms with Crippen LogP contribution in [0.2, 0.25) is 0 Å². The smallest absolute Gasteiger partial charge is 0.166 e. The molecule has 2 aromatic carbocycles. The first-order valence-corrected chi connectivity index (χ1v) is 12.2. The minimum absolute atomic E-state index is 0.100. The van der Waals surface area contributed by atoms with E-state index >= 15 is 0 Å². The van der Waals surface area contributed by atoms with Crippen molar-refractivity contribution in [1.82, 2.24) is 4.90 Å². The molecule has 2 aliphatic heterocycles. The summed E-state index contributed by atoms with van der Waals surface area (Å²) in [7, 11) is 0. The predicted octanol–water partition coefficient (Wildman–Crippen LogP) is 4.27. The molecule has 0 unspecified atom stereocenters.